The van der Waals surface area contributed by atoms with Gasteiger partial charge in [-0.05, 0) is 56.0 Å². The summed E-state index contributed by atoms with van der Waals surface area (Å²) in [5.74, 6) is 0.161. The number of hydrogen-bond donors (Lipinski definition) is 1. The van der Waals surface area contributed by atoms with Crippen molar-refractivity contribution in [3.63, 3.8) is 0 Å². The standard InChI is InChI=1S/C24H31N3O2/c1-18-4-6-19(7-5-18)8-13-23(28)27-16-14-21(15-17-27)25-24(29)20-9-11-22(12-10-20)26(2)3/h4-7,9-12,21H,8,13-17H2,1-3H3,(H,25,29). The third-order valence-electron chi connectivity index (χ3n) is 5.58. The average Bonchev–Trinajstić information content (AvgIpc) is 2.73. The molecular weight excluding hydrogens is 362 g/mol. The van der Waals surface area contributed by atoms with Crippen molar-refractivity contribution in [1.29, 1.82) is 0 Å². The van der Waals surface area contributed by atoms with E-state index in [2.05, 4.69) is 36.5 Å². The van der Waals surface area contributed by atoms with Gasteiger partial charge in [-0.1, -0.05) is 29.8 Å². The van der Waals surface area contributed by atoms with Crippen LogP contribution in [0.25, 0.3) is 0 Å². The molecule has 1 aliphatic heterocycles. The number of anilines is 1. The number of piperidine rings is 1. The second-order valence-corrected chi connectivity index (χ2v) is 8.06. The highest BCUT2D eigenvalue weighted by atomic mass is 16.2. The van der Waals surface area contributed by atoms with E-state index in [1.807, 2.05) is 48.2 Å². The second-order valence-electron chi connectivity index (χ2n) is 8.06. The molecule has 2 aromatic rings. The number of rotatable bonds is 6. The lowest BCUT2D eigenvalue weighted by Crippen LogP contribution is -2.46. The van der Waals surface area contributed by atoms with Gasteiger partial charge in [-0.3, -0.25) is 9.59 Å². The minimum absolute atomic E-state index is 0.0422. The van der Waals surface area contributed by atoms with Crippen LogP contribution in [0.1, 0.15) is 40.7 Å². The van der Waals surface area contributed by atoms with Crippen LogP contribution in [0.2, 0.25) is 0 Å². The maximum atomic E-state index is 12.5. The zero-order valence-corrected chi connectivity index (χ0v) is 17.6. The van der Waals surface area contributed by atoms with Gasteiger partial charge in [-0.2, -0.15) is 0 Å². The summed E-state index contributed by atoms with van der Waals surface area (Å²) in [7, 11) is 3.95. The van der Waals surface area contributed by atoms with Crippen LogP contribution in [0.5, 0.6) is 0 Å². The molecule has 0 radical (unpaired) electrons. The van der Waals surface area contributed by atoms with Crippen molar-refractivity contribution in [3.8, 4) is 0 Å². The molecule has 5 nitrogen and oxygen atoms in total. The molecule has 0 aromatic heterocycles. The van der Waals surface area contributed by atoms with Crippen molar-refractivity contribution < 1.29 is 9.59 Å². The van der Waals surface area contributed by atoms with Crippen molar-refractivity contribution in [2.45, 2.75) is 38.6 Å². The third-order valence-corrected chi connectivity index (χ3v) is 5.58. The highest BCUT2D eigenvalue weighted by molar-refractivity contribution is 5.94. The minimum Gasteiger partial charge on any atom is -0.378 e. The second kappa shape index (κ2) is 9.59. The van der Waals surface area contributed by atoms with Crippen LogP contribution in [-0.2, 0) is 11.2 Å². The first kappa shape index (κ1) is 20.9. The highest BCUT2D eigenvalue weighted by Crippen LogP contribution is 2.16. The lowest BCUT2D eigenvalue weighted by molar-refractivity contribution is -0.132. The van der Waals surface area contributed by atoms with Gasteiger partial charge in [0.15, 0.2) is 0 Å². The largest absolute Gasteiger partial charge is 0.378 e. The SMILES string of the molecule is Cc1ccc(CCC(=O)N2CCC(NC(=O)c3ccc(N(C)C)cc3)CC2)cc1. The molecule has 1 fully saturated rings. The summed E-state index contributed by atoms with van der Waals surface area (Å²) in [5.41, 5.74) is 4.18. The number of carbonyl (C=O) groups is 2. The smallest absolute Gasteiger partial charge is 0.251 e. The zero-order chi connectivity index (χ0) is 20.8. The van der Waals surface area contributed by atoms with Crippen molar-refractivity contribution in [2.24, 2.45) is 0 Å². The number of likely N-dealkylation sites (tertiary alicyclic amines) is 1. The summed E-state index contributed by atoms with van der Waals surface area (Å²) in [6.07, 6.45) is 2.92. The van der Waals surface area contributed by atoms with Gasteiger partial charge < -0.3 is 15.1 Å². The lowest BCUT2D eigenvalue weighted by atomic mass is 10.0. The summed E-state index contributed by atoms with van der Waals surface area (Å²) in [4.78, 5) is 28.9. The van der Waals surface area contributed by atoms with E-state index in [0.29, 0.717) is 25.1 Å². The van der Waals surface area contributed by atoms with Crippen molar-refractivity contribution in [3.05, 3.63) is 65.2 Å². The van der Waals surface area contributed by atoms with Gasteiger partial charge in [0, 0.05) is 50.9 Å². The summed E-state index contributed by atoms with van der Waals surface area (Å²) in [5, 5.41) is 3.12. The van der Waals surface area contributed by atoms with Gasteiger partial charge in [0.2, 0.25) is 5.91 Å². The first-order chi connectivity index (χ1) is 13.9. The number of amides is 2. The Bertz CT molecular complexity index is 820. The molecule has 1 saturated heterocycles. The first-order valence-electron chi connectivity index (χ1n) is 10.3. The Morgan fingerprint density at radius 2 is 1.62 bits per heavy atom. The molecule has 2 aromatic carbocycles. The highest BCUT2D eigenvalue weighted by Gasteiger charge is 2.24. The van der Waals surface area contributed by atoms with Crippen LogP contribution in [0.3, 0.4) is 0 Å². The van der Waals surface area contributed by atoms with Gasteiger partial charge in [0.25, 0.3) is 5.91 Å². The Balaban J connectivity index is 1.43. The Morgan fingerprint density at radius 3 is 2.21 bits per heavy atom. The summed E-state index contributed by atoms with van der Waals surface area (Å²) < 4.78 is 0. The number of nitrogens with one attached hydrogen (secondary N) is 1. The molecule has 1 N–H and O–H groups in total. The van der Waals surface area contributed by atoms with Crippen LogP contribution in [0, 0.1) is 6.92 Å². The van der Waals surface area contributed by atoms with Crippen molar-refractivity contribution in [2.75, 3.05) is 32.1 Å². The molecule has 29 heavy (non-hydrogen) atoms. The molecule has 0 saturated carbocycles. The molecule has 1 heterocycles. The van der Waals surface area contributed by atoms with E-state index in [1.54, 1.807) is 0 Å². The zero-order valence-electron chi connectivity index (χ0n) is 17.6. The van der Waals surface area contributed by atoms with Crippen LogP contribution < -0.4 is 10.2 Å². The third kappa shape index (κ3) is 5.83. The molecular formula is C24H31N3O2. The molecule has 0 spiro atoms. The van der Waals surface area contributed by atoms with Crippen molar-refractivity contribution >= 4 is 17.5 Å². The molecule has 0 bridgehead atoms. The Kier molecular flexibility index (Phi) is 6.91. The predicted octanol–water partition coefficient (Wildman–Crippen LogP) is 3.41. The van der Waals surface area contributed by atoms with E-state index < -0.39 is 0 Å². The Morgan fingerprint density at radius 1 is 1.00 bits per heavy atom. The molecule has 0 aliphatic carbocycles. The van der Waals surface area contributed by atoms with Gasteiger partial charge in [0.1, 0.15) is 0 Å². The van der Waals surface area contributed by atoms with Crippen LogP contribution >= 0.6 is 0 Å². The van der Waals surface area contributed by atoms with E-state index in [1.165, 1.54) is 11.1 Å². The molecule has 154 valence electrons. The summed E-state index contributed by atoms with van der Waals surface area (Å²) >= 11 is 0. The number of nitrogens with zero attached hydrogens (tertiary/aromatic N) is 2. The fourth-order valence-electron chi connectivity index (χ4n) is 3.62. The molecule has 2 amide bonds. The molecule has 0 atom stereocenters. The Labute approximate surface area is 173 Å². The number of aryl methyl sites for hydroxylation is 2. The number of benzene rings is 2. The summed E-state index contributed by atoms with van der Waals surface area (Å²) in [6, 6.07) is 16.1. The van der Waals surface area contributed by atoms with Gasteiger partial charge >= 0.3 is 0 Å². The maximum absolute atomic E-state index is 12.5. The fraction of sp³-hybridized carbons (Fsp3) is 0.417. The molecule has 0 unspecified atom stereocenters. The van der Waals surface area contributed by atoms with E-state index >= 15 is 0 Å². The van der Waals surface area contributed by atoms with Gasteiger partial charge in [-0.25, -0.2) is 0 Å². The lowest BCUT2D eigenvalue weighted by Gasteiger charge is -2.32. The maximum Gasteiger partial charge on any atom is 0.251 e. The Hall–Kier alpha value is -2.82. The van der Waals surface area contributed by atoms with E-state index in [4.69, 9.17) is 0 Å². The van der Waals surface area contributed by atoms with E-state index in [9.17, 15) is 9.59 Å². The van der Waals surface area contributed by atoms with Gasteiger partial charge in [-0.15, -0.1) is 0 Å². The monoisotopic (exact) mass is 393 g/mol. The van der Waals surface area contributed by atoms with Crippen LogP contribution in [0.4, 0.5) is 5.69 Å². The van der Waals surface area contributed by atoms with Crippen LogP contribution in [0.15, 0.2) is 48.5 Å². The predicted molar refractivity (Wildman–Crippen MR) is 117 cm³/mol. The topological polar surface area (TPSA) is 52.7 Å². The quantitative estimate of drug-likeness (QED) is 0.818. The minimum atomic E-state index is -0.0422. The molecule has 3 rings (SSSR count). The first-order valence-corrected chi connectivity index (χ1v) is 10.3. The average molecular weight is 394 g/mol. The summed E-state index contributed by atoms with van der Waals surface area (Å²) in [6.45, 7) is 3.48. The molecule has 1 aliphatic rings. The van der Waals surface area contributed by atoms with E-state index in [0.717, 1.165) is 24.9 Å². The fourth-order valence-corrected chi connectivity index (χ4v) is 3.62. The van der Waals surface area contributed by atoms with Crippen LogP contribution in [-0.4, -0.2) is 49.9 Å². The van der Waals surface area contributed by atoms with Crippen molar-refractivity contribution in [1.82, 2.24) is 10.2 Å². The molecule has 5 heteroatoms. The normalized spacial score (nSPS) is 14.5. The van der Waals surface area contributed by atoms with Gasteiger partial charge in [0.05, 0.1) is 0 Å². The van der Waals surface area contributed by atoms with E-state index in [-0.39, 0.29) is 17.9 Å². The number of hydrogen-bond acceptors (Lipinski definition) is 3. The number of carbonyl (C=O) groups excluding carboxylic acids is 2.